The first-order chi connectivity index (χ1) is 20.6. The van der Waals surface area contributed by atoms with Crippen LogP contribution in [0.25, 0.3) is 11.3 Å². The lowest BCUT2D eigenvalue weighted by atomic mass is 10.1. The molecule has 1 aromatic heterocycles. The second-order valence-corrected chi connectivity index (χ2v) is 11.5. The molecule has 1 unspecified atom stereocenters. The van der Waals surface area contributed by atoms with Crippen LogP contribution < -0.4 is 20.1 Å². The molecule has 2 aliphatic heterocycles. The van der Waals surface area contributed by atoms with Crippen molar-refractivity contribution in [1.82, 2.24) is 9.88 Å². The van der Waals surface area contributed by atoms with E-state index in [-0.39, 0.29) is 5.84 Å². The van der Waals surface area contributed by atoms with E-state index in [0.29, 0.717) is 11.3 Å². The molecule has 0 saturated carbocycles. The summed E-state index contributed by atoms with van der Waals surface area (Å²) < 4.78 is 23.6. The van der Waals surface area contributed by atoms with Crippen LogP contribution in [-0.4, -0.2) is 86.4 Å². The van der Waals surface area contributed by atoms with Crippen LogP contribution in [0.4, 0.5) is 5.13 Å². The van der Waals surface area contributed by atoms with Crippen molar-refractivity contribution in [1.29, 1.82) is 0 Å². The minimum atomic E-state index is -0.443. The monoisotopic (exact) mass is 595 g/mol. The van der Waals surface area contributed by atoms with Gasteiger partial charge in [0, 0.05) is 55.1 Å². The minimum Gasteiger partial charge on any atom is -0.455 e. The van der Waals surface area contributed by atoms with Crippen molar-refractivity contribution in [2.24, 2.45) is 10.9 Å². The van der Waals surface area contributed by atoms with Gasteiger partial charge in [-0.05, 0) is 61.4 Å². The van der Waals surface area contributed by atoms with Crippen LogP contribution in [0.5, 0.6) is 11.5 Å². The number of hydrogen-bond donors (Lipinski definition) is 2. The Labute approximate surface area is 251 Å². The highest BCUT2D eigenvalue weighted by atomic mass is 32.1. The molecule has 3 aromatic rings. The number of aromatic nitrogens is 1. The number of unbranched alkanes of at least 4 members (excludes halogenated alkanes) is 1. The van der Waals surface area contributed by atoms with Crippen molar-refractivity contribution in [2.75, 3.05) is 64.1 Å². The van der Waals surface area contributed by atoms with Gasteiger partial charge in [-0.15, -0.1) is 11.3 Å². The third-order valence-electron chi connectivity index (χ3n) is 7.44. The smallest absolute Gasteiger partial charge is 0.241 e. The summed E-state index contributed by atoms with van der Waals surface area (Å²) in [6, 6.07) is 15.3. The number of rotatable bonds is 13. The Morgan fingerprint density at radius 3 is 2.21 bits per heavy atom. The first kappa shape index (κ1) is 30.1. The number of morpholine rings is 2. The van der Waals surface area contributed by atoms with Gasteiger partial charge in [-0.25, -0.2) is 4.98 Å². The first-order valence-electron chi connectivity index (χ1n) is 14.8. The molecule has 0 aliphatic carbocycles. The maximum Gasteiger partial charge on any atom is 0.241 e. The van der Waals surface area contributed by atoms with Crippen LogP contribution in [0.3, 0.4) is 0 Å². The van der Waals surface area contributed by atoms with Crippen LogP contribution in [-0.2, 0) is 15.9 Å². The summed E-state index contributed by atoms with van der Waals surface area (Å²) in [5.74, 6) is 1.46. The van der Waals surface area contributed by atoms with Crippen molar-refractivity contribution in [3.63, 3.8) is 0 Å². The van der Waals surface area contributed by atoms with E-state index in [4.69, 9.17) is 34.9 Å². The van der Waals surface area contributed by atoms with Crippen molar-refractivity contribution in [3.05, 3.63) is 59.0 Å². The molecule has 3 heterocycles. The summed E-state index contributed by atoms with van der Waals surface area (Å²) in [6.45, 7) is 9.92. The van der Waals surface area contributed by atoms with E-state index in [1.165, 1.54) is 4.88 Å². The molecular weight excluding hydrogens is 554 g/mol. The Hall–Kier alpha value is -3.38. The zero-order valence-electron chi connectivity index (χ0n) is 24.2. The fourth-order valence-electron chi connectivity index (χ4n) is 4.98. The van der Waals surface area contributed by atoms with E-state index >= 15 is 0 Å². The third-order valence-corrected chi connectivity index (χ3v) is 8.62. The van der Waals surface area contributed by atoms with Crippen LogP contribution in [0.2, 0.25) is 0 Å². The standard InChI is InChI=1S/C31H41N5O5S/c1-2-3-4-28(41-26-11-7-24(8-12-26)30(32)34-37)40-25-9-5-23(6-10-25)29-27(13-14-35-15-19-38-20-16-35)42-31(33-29)36-17-21-39-22-18-36/h5-12,28,37H,2-4,13-22H2,1H3,(H2,32,34). The summed E-state index contributed by atoms with van der Waals surface area (Å²) in [5, 5.41) is 13.0. The Morgan fingerprint density at radius 2 is 1.60 bits per heavy atom. The Kier molecular flexibility index (Phi) is 10.9. The molecule has 5 rings (SSSR count). The zero-order valence-corrected chi connectivity index (χ0v) is 25.1. The van der Waals surface area contributed by atoms with Gasteiger partial charge < -0.3 is 34.8 Å². The van der Waals surface area contributed by atoms with E-state index in [1.807, 2.05) is 12.1 Å². The second kappa shape index (κ2) is 15.2. The van der Waals surface area contributed by atoms with Gasteiger partial charge in [0.2, 0.25) is 6.29 Å². The number of thiazole rings is 1. The van der Waals surface area contributed by atoms with E-state index < -0.39 is 6.29 Å². The van der Waals surface area contributed by atoms with E-state index in [1.54, 1.807) is 35.6 Å². The van der Waals surface area contributed by atoms with Gasteiger partial charge >= 0.3 is 0 Å². The Bertz CT molecular complexity index is 1270. The molecular formula is C31H41N5O5S. The number of nitrogens with zero attached hydrogens (tertiary/aromatic N) is 4. The highest BCUT2D eigenvalue weighted by molar-refractivity contribution is 7.16. The molecule has 2 aromatic carbocycles. The van der Waals surface area contributed by atoms with E-state index in [2.05, 4.69) is 34.0 Å². The maximum absolute atomic E-state index is 8.91. The quantitative estimate of drug-likeness (QED) is 0.0963. The van der Waals surface area contributed by atoms with Gasteiger partial charge in [0.15, 0.2) is 11.0 Å². The van der Waals surface area contributed by atoms with Gasteiger partial charge in [-0.2, -0.15) is 0 Å². The summed E-state index contributed by atoms with van der Waals surface area (Å²) in [7, 11) is 0. The summed E-state index contributed by atoms with van der Waals surface area (Å²) in [6.07, 6.45) is 3.27. The lowest BCUT2D eigenvalue weighted by Crippen LogP contribution is -2.37. The molecule has 1 atom stereocenters. The predicted octanol–water partition coefficient (Wildman–Crippen LogP) is 4.59. The van der Waals surface area contributed by atoms with Crippen molar-refractivity contribution in [3.8, 4) is 22.8 Å². The van der Waals surface area contributed by atoms with E-state index in [9.17, 15) is 0 Å². The van der Waals surface area contributed by atoms with Gasteiger partial charge in [-0.3, -0.25) is 4.90 Å². The number of oxime groups is 1. The van der Waals surface area contributed by atoms with Crippen LogP contribution >= 0.6 is 11.3 Å². The highest BCUT2D eigenvalue weighted by Gasteiger charge is 2.21. The number of nitrogens with two attached hydrogens (primary N) is 1. The normalized spacial score (nSPS) is 17.3. The Balaban J connectivity index is 1.29. The predicted molar refractivity (Wildman–Crippen MR) is 165 cm³/mol. The molecule has 10 nitrogen and oxygen atoms in total. The molecule has 11 heteroatoms. The number of anilines is 1. The van der Waals surface area contributed by atoms with E-state index in [0.717, 1.165) is 107 Å². The fraction of sp³-hybridized carbons (Fsp3) is 0.484. The molecule has 0 bridgehead atoms. The van der Waals surface area contributed by atoms with Crippen LogP contribution in [0.15, 0.2) is 53.7 Å². The average molecular weight is 596 g/mol. The molecule has 3 N–H and O–H groups in total. The number of hydrogen-bond acceptors (Lipinski definition) is 10. The number of benzene rings is 2. The van der Waals surface area contributed by atoms with Crippen molar-refractivity contribution >= 4 is 22.3 Å². The first-order valence-corrected chi connectivity index (χ1v) is 15.6. The SMILES string of the molecule is CCCCC(Oc1ccc(C(N)=NO)cc1)Oc1ccc(-c2nc(N3CCOCC3)sc2CCN2CCOCC2)cc1. The maximum atomic E-state index is 8.91. The number of amidine groups is 1. The fourth-order valence-corrected chi connectivity index (χ4v) is 6.10. The summed E-state index contributed by atoms with van der Waals surface area (Å²) in [4.78, 5) is 11.2. The van der Waals surface area contributed by atoms with Gasteiger partial charge in [-0.1, -0.05) is 18.5 Å². The highest BCUT2D eigenvalue weighted by Crippen LogP contribution is 2.35. The van der Waals surface area contributed by atoms with Gasteiger partial charge in [0.1, 0.15) is 11.5 Å². The number of ether oxygens (including phenoxy) is 4. The molecule has 2 aliphatic rings. The lowest BCUT2D eigenvalue weighted by molar-refractivity contribution is -0.00211. The minimum absolute atomic E-state index is 0.0573. The molecule has 0 spiro atoms. The molecule has 42 heavy (non-hydrogen) atoms. The molecule has 2 fully saturated rings. The molecule has 0 amide bonds. The molecule has 226 valence electrons. The van der Waals surface area contributed by atoms with Crippen LogP contribution in [0, 0.1) is 0 Å². The topological polar surface area (TPSA) is 115 Å². The summed E-state index contributed by atoms with van der Waals surface area (Å²) >= 11 is 1.80. The van der Waals surface area contributed by atoms with Crippen LogP contribution in [0.1, 0.15) is 36.6 Å². The zero-order chi connectivity index (χ0) is 29.1. The third kappa shape index (κ3) is 8.13. The van der Waals surface area contributed by atoms with Crippen molar-refractivity contribution < 1.29 is 24.2 Å². The van der Waals surface area contributed by atoms with Gasteiger partial charge in [0.05, 0.1) is 32.1 Å². The molecule has 2 saturated heterocycles. The average Bonchev–Trinajstić information content (AvgIpc) is 3.48. The lowest BCUT2D eigenvalue weighted by Gasteiger charge is -2.26. The summed E-state index contributed by atoms with van der Waals surface area (Å²) in [5.41, 5.74) is 8.43. The van der Waals surface area contributed by atoms with Crippen molar-refractivity contribution in [2.45, 2.75) is 38.9 Å². The van der Waals surface area contributed by atoms with Gasteiger partial charge in [0.25, 0.3) is 0 Å². The second-order valence-electron chi connectivity index (χ2n) is 10.4. The Morgan fingerprint density at radius 1 is 0.976 bits per heavy atom. The largest absolute Gasteiger partial charge is 0.455 e. The molecule has 0 radical (unpaired) electrons.